The summed E-state index contributed by atoms with van der Waals surface area (Å²) < 4.78 is 29.3. The lowest BCUT2D eigenvalue weighted by Gasteiger charge is -2.18. The molecule has 5 rings (SSSR count). The Morgan fingerprint density at radius 2 is 1.70 bits per heavy atom. The number of hydrogen-bond donors (Lipinski definition) is 2. The Labute approximate surface area is 238 Å². The van der Waals surface area contributed by atoms with E-state index in [1.807, 2.05) is 43.3 Å². The fourth-order valence-corrected chi connectivity index (χ4v) is 6.75. The van der Waals surface area contributed by atoms with Gasteiger partial charge in [0.05, 0.1) is 26.7 Å². The number of aromatic nitrogens is 4. The molecule has 1 atom stereocenters. The molecule has 3 aromatic carbocycles. The molecule has 0 aliphatic carbocycles. The van der Waals surface area contributed by atoms with Gasteiger partial charge in [0.15, 0.2) is 5.16 Å². The molecule has 5 aromatic rings. The maximum absolute atomic E-state index is 13.5. The summed E-state index contributed by atoms with van der Waals surface area (Å²) >= 11 is 2.33. The van der Waals surface area contributed by atoms with Gasteiger partial charge in [-0.05, 0) is 61.9 Å². The molecule has 0 aliphatic heterocycles. The number of thioether (sulfide) groups is 1. The number of amides is 1. The molecule has 204 valence electrons. The number of nitrogens with zero attached hydrogens (tertiary/aromatic N) is 4. The molecule has 1 amide bonds. The predicted octanol–water partition coefficient (Wildman–Crippen LogP) is 4.86. The molecule has 0 fully saturated rings. The quantitative estimate of drug-likeness (QED) is 0.183. The van der Waals surface area contributed by atoms with Crippen LogP contribution in [0.5, 0.6) is 0 Å². The maximum Gasteiger partial charge on any atom is 0.266 e. The summed E-state index contributed by atoms with van der Waals surface area (Å²) in [5, 5.41) is 11.6. The summed E-state index contributed by atoms with van der Waals surface area (Å²) in [6.07, 6.45) is 0.464. The molecule has 0 spiro atoms. The first-order chi connectivity index (χ1) is 19.2. The second-order valence-electron chi connectivity index (χ2n) is 8.65. The lowest BCUT2D eigenvalue weighted by Crippen LogP contribution is -2.27. The molecule has 0 radical (unpaired) electrons. The molecule has 10 nitrogen and oxygen atoms in total. The van der Waals surface area contributed by atoms with Crippen molar-refractivity contribution in [1.29, 1.82) is 0 Å². The van der Waals surface area contributed by atoms with Crippen molar-refractivity contribution >= 4 is 60.8 Å². The van der Waals surface area contributed by atoms with E-state index in [1.165, 1.54) is 40.6 Å². The Balaban J connectivity index is 1.37. The summed E-state index contributed by atoms with van der Waals surface area (Å²) in [6, 6.07) is 22.1. The SMILES string of the molecule is CCC(Sc1nc2ccccc2c(=O)n1-c1ccccc1)C(=O)Nc1ccc(S(=O)(=O)Nc2nnc(C)s2)cc1. The van der Waals surface area contributed by atoms with Crippen molar-refractivity contribution < 1.29 is 13.2 Å². The van der Waals surface area contributed by atoms with Crippen LogP contribution in [0.25, 0.3) is 16.6 Å². The summed E-state index contributed by atoms with van der Waals surface area (Å²) in [4.78, 5) is 31.5. The Bertz CT molecular complexity index is 1840. The van der Waals surface area contributed by atoms with E-state index in [9.17, 15) is 18.0 Å². The van der Waals surface area contributed by atoms with Gasteiger partial charge in [-0.3, -0.25) is 18.9 Å². The standard InChI is InChI=1S/C27H24N6O4S3/c1-3-23(24(34)28-18-13-15-20(16-14-18)40(36,37)32-26-31-30-17(2)38-26)39-27-29-22-12-8-7-11-21(22)25(35)33(27)19-9-5-4-6-10-19/h4-16,23H,3H2,1-2H3,(H,28,34)(H,31,32). The highest BCUT2D eigenvalue weighted by Crippen LogP contribution is 2.28. The molecule has 40 heavy (non-hydrogen) atoms. The normalized spacial score (nSPS) is 12.2. The van der Waals surface area contributed by atoms with Crippen molar-refractivity contribution in [2.24, 2.45) is 0 Å². The first-order valence-electron chi connectivity index (χ1n) is 12.2. The topological polar surface area (TPSA) is 136 Å². The Morgan fingerprint density at radius 3 is 2.38 bits per heavy atom. The second-order valence-corrected chi connectivity index (χ2v) is 12.7. The van der Waals surface area contributed by atoms with Crippen LogP contribution in [0, 0.1) is 6.92 Å². The van der Waals surface area contributed by atoms with Crippen LogP contribution in [0.4, 0.5) is 10.8 Å². The third-order valence-electron chi connectivity index (χ3n) is 5.85. The lowest BCUT2D eigenvalue weighted by molar-refractivity contribution is -0.115. The van der Waals surface area contributed by atoms with Gasteiger partial charge in [0.2, 0.25) is 11.0 Å². The van der Waals surface area contributed by atoms with E-state index in [4.69, 9.17) is 4.98 Å². The summed E-state index contributed by atoms with van der Waals surface area (Å²) in [5.41, 5.74) is 1.41. The van der Waals surface area contributed by atoms with Crippen molar-refractivity contribution in [2.45, 2.75) is 35.6 Å². The number of rotatable bonds is 9. The van der Waals surface area contributed by atoms with Gasteiger partial charge in [-0.25, -0.2) is 13.4 Å². The predicted molar refractivity (Wildman–Crippen MR) is 158 cm³/mol. The number of fused-ring (bicyclic) bond motifs is 1. The van der Waals surface area contributed by atoms with E-state index in [1.54, 1.807) is 25.1 Å². The Morgan fingerprint density at radius 1 is 1.00 bits per heavy atom. The minimum absolute atomic E-state index is 0.0204. The highest BCUT2D eigenvalue weighted by atomic mass is 32.2. The van der Waals surface area contributed by atoms with Crippen molar-refractivity contribution in [2.75, 3.05) is 10.0 Å². The monoisotopic (exact) mass is 592 g/mol. The van der Waals surface area contributed by atoms with Gasteiger partial charge in [0.1, 0.15) is 5.01 Å². The van der Waals surface area contributed by atoms with E-state index >= 15 is 0 Å². The van der Waals surface area contributed by atoms with E-state index in [0.29, 0.717) is 38.9 Å². The smallest absolute Gasteiger partial charge is 0.266 e. The highest BCUT2D eigenvalue weighted by molar-refractivity contribution is 8.00. The molecule has 0 saturated heterocycles. The van der Waals surface area contributed by atoms with Gasteiger partial charge < -0.3 is 5.32 Å². The van der Waals surface area contributed by atoms with Crippen LogP contribution in [0.3, 0.4) is 0 Å². The van der Waals surface area contributed by atoms with Crippen molar-refractivity contribution in [3.63, 3.8) is 0 Å². The number of benzene rings is 3. The van der Waals surface area contributed by atoms with Crippen LogP contribution in [0.15, 0.2) is 93.7 Å². The van der Waals surface area contributed by atoms with Crippen molar-refractivity contribution in [1.82, 2.24) is 19.7 Å². The Hall–Kier alpha value is -4.07. The van der Waals surface area contributed by atoms with E-state index in [-0.39, 0.29) is 21.5 Å². The zero-order chi connectivity index (χ0) is 28.3. The first kappa shape index (κ1) is 27.5. The van der Waals surface area contributed by atoms with E-state index in [2.05, 4.69) is 20.2 Å². The number of para-hydroxylation sites is 2. The van der Waals surface area contributed by atoms with E-state index < -0.39 is 15.3 Å². The number of aryl methyl sites for hydroxylation is 1. The molecule has 2 aromatic heterocycles. The fourth-order valence-electron chi connectivity index (χ4n) is 3.90. The number of sulfonamides is 1. The molecular weight excluding hydrogens is 569 g/mol. The van der Waals surface area contributed by atoms with Gasteiger partial charge in [-0.15, -0.1) is 10.2 Å². The lowest BCUT2D eigenvalue weighted by atomic mass is 10.2. The van der Waals surface area contributed by atoms with Gasteiger partial charge in [0.25, 0.3) is 15.6 Å². The van der Waals surface area contributed by atoms with Crippen LogP contribution in [0.2, 0.25) is 0 Å². The molecule has 2 N–H and O–H groups in total. The van der Waals surface area contributed by atoms with Gasteiger partial charge in [0, 0.05) is 5.69 Å². The molecular formula is C27H24N6O4S3. The Kier molecular flexibility index (Phi) is 7.96. The number of anilines is 2. The van der Waals surface area contributed by atoms with Gasteiger partial charge >= 0.3 is 0 Å². The molecule has 13 heteroatoms. The van der Waals surface area contributed by atoms with Gasteiger partial charge in [-0.2, -0.15) is 0 Å². The third-order valence-corrected chi connectivity index (χ3v) is 9.40. The van der Waals surface area contributed by atoms with Crippen molar-refractivity contribution in [3.8, 4) is 5.69 Å². The maximum atomic E-state index is 13.5. The van der Waals surface area contributed by atoms with Crippen LogP contribution in [0.1, 0.15) is 18.4 Å². The van der Waals surface area contributed by atoms with Crippen LogP contribution in [-0.2, 0) is 14.8 Å². The largest absolute Gasteiger partial charge is 0.325 e. The second kappa shape index (κ2) is 11.6. The number of hydrogen-bond acceptors (Lipinski definition) is 9. The summed E-state index contributed by atoms with van der Waals surface area (Å²) in [5.74, 6) is -0.299. The highest BCUT2D eigenvalue weighted by Gasteiger charge is 2.23. The number of carbonyl (C=O) groups excluding carboxylic acids is 1. The van der Waals surface area contributed by atoms with Crippen molar-refractivity contribution in [3.05, 3.63) is 94.2 Å². The molecule has 0 saturated carbocycles. The van der Waals surface area contributed by atoms with Crippen LogP contribution < -0.4 is 15.6 Å². The fraction of sp³-hybridized carbons (Fsp3) is 0.148. The average molecular weight is 593 g/mol. The number of nitrogens with one attached hydrogen (secondary N) is 2. The average Bonchev–Trinajstić information content (AvgIpc) is 3.36. The zero-order valence-corrected chi connectivity index (χ0v) is 23.9. The summed E-state index contributed by atoms with van der Waals surface area (Å²) in [6.45, 7) is 3.60. The molecule has 0 bridgehead atoms. The minimum atomic E-state index is -3.86. The van der Waals surface area contributed by atoms with E-state index in [0.717, 1.165) is 11.3 Å². The zero-order valence-electron chi connectivity index (χ0n) is 21.4. The first-order valence-corrected chi connectivity index (χ1v) is 15.4. The van der Waals surface area contributed by atoms with Gasteiger partial charge in [-0.1, -0.05) is 60.4 Å². The third kappa shape index (κ3) is 5.91. The van der Waals surface area contributed by atoms with Crippen LogP contribution >= 0.6 is 23.1 Å². The molecule has 2 heterocycles. The molecule has 1 unspecified atom stereocenters. The summed E-state index contributed by atoms with van der Waals surface area (Å²) in [7, 11) is -3.86. The molecule has 0 aliphatic rings. The number of carbonyl (C=O) groups is 1. The minimum Gasteiger partial charge on any atom is -0.325 e. The van der Waals surface area contributed by atoms with Crippen LogP contribution in [-0.4, -0.2) is 39.3 Å².